The van der Waals surface area contributed by atoms with E-state index in [-0.39, 0.29) is 12.2 Å². The molecule has 6 nitrogen and oxygen atoms in total. The molecule has 0 aromatic carbocycles. The first-order chi connectivity index (χ1) is 20.0. The maximum atomic E-state index is 7.60. The van der Waals surface area contributed by atoms with Gasteiger partial charge in [-0.05, 0) is 70.3 Å². The maximum absolute atomic E-state index is 7.60. The van der Waals surface area contributed by atoms with E-state index < -0.39 is 18.8 Å². The molecule has 3 aliphatic heterocycles. The van der Waals surface area contributed by atoms with Crippen LogP contribution in [0.25, 0.3) is 0 Å². The third-order valence-corrected chi connectivity index (χ3v) is 16.2. The molecule has 0 amide bonds. The van der Waals surface area contributed by atoms with Gasteiger partial charge in [0, 0.05) is 39.6 Å². The zero-order valence-corrected chi connectivity index (χ0v) is 28.8. The lowest BCUT2D eigenvalue weighted by Crippen LogP contribution is -2.84. The first-order valence-corrected chi connectivity index (χ1v) is 19.9. The summed E-state index contributed by atoms with van der Waals surface area (Å²) in [4.78, 5) is 0. The van der Waals surface area contributed by atoms with Crippen molar-refractivity contribution in [2.75, 3.05) is 39.6 Å². The minimum Gasteiger partial charge on any atom is -0.411 e. The highest BCUT2D eigenvalue weighted by molar-refractivity contribution is 6.80. The molecule has 6 unspecified atom stereocenters. The van der Waals surface area contributed by atoms with Gasteiger partial charge in [0.2, 0.25) is 0 Å². The number of ether oxygens (including phenoxy) is 5. The molecule has 0 N–H and O–H groups in total. The Morgan fingerprint density at radius 2 is 1.12 bits per heavy atom. The molecule has 0 bridgehead atoms. The molecular weight excluding hydrogens is 532 g/mol. The summed E-state index contributed by atoms with van der Waals surface area (Å²) >= 11 is 0. The maximum Gasteiger partial charge on any atom is 0.261 e. The lowest BCUT2D eigenvalue weighted by Gasteiger charge is -2.64. The second-order valence-corrected chi connectivity index (χ2v) is 16.9. The van der Waals surface area contributed by atoms with Crippen molar-refractivity contribution in [2.45, 2.75) is 173 Å². The number of unbranched alkanes of at least 4 members (excludes halogenated alkanes) is 4. The molecule has 0 aliphatic carbocycles. The van der Waals surface area contributed by atoms with E-state index in [0.717, 1.165) is 135 Å². The van der Waals surface area contributed by atoms with Crippen LogP contribution in [-0.4, -0.2) is 76.7 Å². The summed E-state index contributed by atoms with van der Waals surface area (Å²) in [5.74, 6) is 0.443. The Balaban J connectivity index is 2.31. The molecule has 3 heterocycles. The molecule has 41 heavy (non-hydrogen) atoms. The first kappa shape index (κ1) is 35.5. The molecular formula is C34H66O6Si. The van der Waals surface area contributed by atoms with Gasteiger partial charge in [-0.3, -0.25) is 0 Å². The van der Waals surface area contributed by atoms with E-state index in [1.165, 1.54) is 0 Å². The molecule has 0 aromatic heterocycles. The summed E-state index contributed by atoms with van der Waals surface area (Å²) in [7, 11) is -3.01. The van der Waals surface area contributed by atoms with Crippen LogP contribution in [-0.2, 0) is 28.1 Å². The van der Waals surface area contributed by atoms with E-state index in [1.807, 2.05) is 0 Å². The molecule has 0 saturated carbocycles. The van der Waals surface area contributed by atoms with Crippen LogP contribution in [0.1, 0.15) is 138 Å². The van der Waals surface area contributed by atoms with Crippen molar-refractivity contribution in [2.24, 2.45) is 5.92 Å². The molecule has 3 rings (SSSR count). The molecule has 3 fully saturated rings. The topological polar surface area (TPSA) is 55.4 Å². The number of rotatable bonds is 25. The second kappa shape index (κ2) is 18.1. The number of hydrogen-bond acceptors (Lipinski definition) is 6. The molecule has 3 saturated heterocycles. The van der Waals surface area contributed by atoms with E-state index in [9.17, 15) is 0 Å². The van der Waals surface area contributed by atoms with E-state index in [2.05, 4.69) is 41.5 Å². The van der Waals surface area contributed by atoms with Crippen LogP contribution in [0.15, 0.2) is 0 Å². The average molecular weight is 599 g/mol. The third-order valence-electron chi connectivity index (χ3n) is 10.2. The van der Waals surface area contributed by atoms with Crippen LogP contribution >= 0.6 is 0 Å². The van der Waals surface area contributed by atoms with Gasteiger partial charge < -0.3 is 28.1 Å². The minimum atomic E-state index is -3.01. The number of hydrogen-bond donors (Lipinski definition) is 0. The normalized spacial score (nSPS) is 27.5. The van der Waals surface area contributed by atoms with Crippen molar-refractivity contribution < 1.29 is 28.1 Å². The average Bonchev–Trinajstić information content (AvgIpc) is 2.87. The smallest absolute Gasteiger partial charge is 0.261 e. The summed E-state index contributed by atoms with van der Waals surface area (Å²) < 4.78 is 41.9. The minimum absolute atomic E-state index is 0.0598. The summed E-state index contributed by atoms with van der Waals surface area (Å²) in [5, 5.41) is -0.942. The van der Waals surface area contributed by atoms with Gasteiger partial charge in [0.1, 0.15) is 10.4 Å². The van der Waals surface area contributed by atoms with Gasteiger partial charge in [-0.1, -0.05) is 79.6 Å². The van der Waals surface area contributed by atoms with Crippen LogP contribution in [0, 0.1) is 5.92 Å². The zero-order valence-electron chi connectivity index (χ0n) is 27.8. The van der Waals surface area contributed by atoms with Crippen molar-refractivity contribution in [3.05, 3.63) is 0 Å². The SMILES string of the molecule is CCCCOC(CCCC)(C1CCO1)[Si](CC(CCC)C1CCO1)(OCC)C(CCCC)(OCCCC)C1CCO1. The molecule has 0 spiro atoms. The zero-order chi connectivity index (χ0) is 29.6. The van der Waals surface area contributed by atoms with Crippen molar-refractivity contribution >= 4 is 8.32 Å². The Labute approximate surface area is 254 Å². The lowest BCUT2D eigenvalue weighted by molar-refractivity contribution is -0.207. The second-order valence-electron chi connectivity index (χ2n) is 12.9. The van der Waals surface area contributed by atoms with Crippen LogP contribution < -0.4 is 0 Å². The van der Waals surface area contributed by atoms with Crippen molar-refractivity contribution in [1.82, 2.24) is 0 Å². The highest BCUT2D eigenvalue weighted by Crippen LogP contribution is 2.55. The Morgan fingerprint density at radius 3 is 1.44 bits per heavy atom. The van der Waals surface area contributed by atoms with Gasteiger partial charge in [0.05, 0.1) is 18.3 Å². The highest BCUT2D eigenvalue weighted by Gasteiger charge is 2.74. The molecule has 0 aromatic rings. The predicted octanol–water partition coefficient (Wildman–Crippen LogP) is 8.32. The van der Waals surface area contributed by atoms with Crippen molar-refractivity contribution in [1.29, 1.82) is 0 Å². The van der Waals surface area contributed by atoms with E-state index in [0.29, 0.717) is 18.6 Å². The fourth-order valence-electron chi connectivity index (χ4n) is 7.73. The Kier molecular flexibility index (Phi) is 15.6. The fraction of sp³-hybridized carbons (Fsp3) is 1.00. The van der Waals surface area contributed by atoms with Crippen LogP contribution in [0.4, 0.5) is 0 Å². The van der Waals surface area contributed by atoms with Crippen LogP contribution in [0.3, 0.4) is 0 Å². The monoisotopic (exact) mass is 598 g/mol. The summed E-state index contributed by atoms with van der Waals surface area (Å²) in [6, 6.07) is 1.00. The first-order valence-electron chi connectivity index (χ1n) is 17.8. The standard InChI is InChI=1S/C34H66O6Si/c1-7-13-21-33(31-19-26-36-31,38-23-15-9-3)41(40-12-6,28-29(17-11-5)30-18-25-35-30)34(22-14-8-2,32-20-27-37-32)39-24-16-10-4/h29-32H,7-28H2,1-6H3. The largest absolute Gasteiger partial charge is 0.411 e. The Hall–Kier alpha value is -0.0231. The third kappa shape index (κ3) is 7.80. The summed E-state index contributed by atoms with van der Waals surface area (Å²) in [6.45, 7) is 18.4. The molecule has 0 radical (unpaired) electrons. The fourth-order valence-corrected chi connectivity index (χ4v) is 14.8. The van der Waals surface area contributed by atoms with Gasteiger partial charge in [0.25, 0.3) is 8.32 Å². The lowest BCUT2D eigenvalue weighted by atomic mass is 9.94. The molecule has 242 valence electrons. The van der Waals surface area contributed by atoms with Gasteiger partial charge >= 0.3 is 0 Å². The predicted molar refractivity (Wildman–Crippen MR) is 170 cm³/mol. The quantitative estimate of drug-likeness (QED) is 0.0778. The van der Waals surface area contributed by atoms with Crippen molar-refractivity contribution in [3.8, 4) is 0 Å². The van der Waals surface area contributed by atoms with Gasteiger partial charge in [0.15, 0.2) is 0 Å². The molecule has 3 aliphatic rings. The Bertz CT molecular complexity index is 657. The summed E-state index contributed by atoms with van der Waals surface area (Å²) in [6.07, 6.45) is 16.7. The van der Waals surface area contributed by atoms with Crippen LogP contribution in [0.2, 0.25) is 6.04 Å². The van der Waals surface area contributed by atoms with E-state index >= 15 is 0 Å². The molecule has 7 heteroatoms. The highest BCUT2D eigenvalue weighted by atomic mass is 28.4. The van der Waals surface area contributed by atoms with E-state index in [1.54, 1.807) is 0 Å². The van der Waals surface area contributed by atoms with Crippen LogP contribution in [0.5, 0.6) is 0 Å². The van der Waals surface area contributed by atoms with Gasteiger partial charge in [-0.25, -0.2) is 0 Å². The van der Waals surface area contributed by atoms with Gasteiger partial charge in [-0.15, -0.1) is 0 Å². The molecule has 6 atom stereocenters. The van der Waals surface area contributed by atoms with E-state index in [4.69, 9.17) is 28.1 Å². The Morgan fingerprint density at radius 1 is 0.659 bits per heavy atom. The summed E-state index contributed by atoms with van der Waals surface area (Å²) in [5.41, 5.74) is 0. The van der Waals surface area contributed by atoms with Gasteiger partial charge in [-0.2, -0.15) is 0 Å². The van der Waals surface area contributed by atoms with Crippen molar-refractivity contribution in [3.63, 3.8) is 0 Å².